The molecule has 33 valence electrons. The minimum atomic E-state index is -5.62. The average molecular weight is 204 g/mol. The topological polar surface area (TPSA) is 80.3 Å². The molecule has 0 saturated carbocycles. The normalized spacial score (nSPS) is 7.25. The predicted octanol–water partition coefficient (Wildman–Crippen LogP) is -11.6. The van der Waals surface area contributed by atoms with Crippen molar-refractivity contribution in [2.45, 2.75) is 0 Å². The fourth-order valence-electron chi connectivity index (χ4n) is 0. The zero-order valence-electron chi connectivity index (χ0n) is 5.01. The number of hydrogen-bond acceptors (Lipinski definition) is 4. The Hall–Kier alpha value is 3.68. The fraction of sp³-hybridized carbons (Fsp3) is 0. The Morgan fingerprint density at radius 1 is 1.00 bits per heavy atom. The first kappa shape index (κ1) is 22.6. The van der Waals surface area contributed by atoms with Gasteiger partial charge in [0.05, 0.1) is 0 Å². The summed E-state index contributed by atoms with van der Waals surface area (Å²) in [6.45, 7) is 0. The van der Waals surface area contributed by atoms with Gasteiger partial charge in [0.2, 0.25) is 0 Å². The van der Waals surface area contributed by atoms with Crippen molar-refractivity contribution in [1.82, 2.24) is 0 Å². The first-order chi connectivity index (χ1) is 2.00. The quantitative estimate of drug-likeness (QED) is 0.367. The molecule has 0 aliphatic heterocycles. The van der Waals surface area contributed by atoms with E-state index in [-0.39, 0.29) is 110 Å². The van der Waals surface area contributed by atoms with E-state index in [0.29, 0.717) is 0 Å². The van der Waals surface area contributed by atoms with Crippen LogP contribution < -0.4 is 119 Å². The van der Waals surface area contributed by atoms with Crippen molar-refractivity contribution in [3.8, 4) is 0 Å². The first-order valence-corrected chi connectivity index (χ1v) is 2.54. The Morgan fingerprint density at radius 2 is 1.00 bits per heavy atom. The molecule has 0 aromatic heterocycles. The molecule has 0 aromatic rings. The summed E-state index contributed by atoms with van der Waals surface area (Å²) in [6, 6.07) is 0. The number of rotatable bonds is 0. The van der Waals surface area contributed by atoms with E-state index < -0.39 is 13.4 Å². The molecule has 0 rings (SSSR count). The van der Waals surface area contributed by atoms with Gasteiger partial charge in [-0.3, -0.25) is 0 Å². The van der Waals surface area contributed by atoms with Gasteiger partial charge in [-0.1, -0.05) is 0 Å². The summed E-state index contributed by atoms with van der Waals surface area (Å²) in [5.41, 5.74) is 0. The van der Waals surface area contributed by atoms with Crippen LogP contribution >= 0.6 is 0 Å². The third-order valence-electron chi connectivity index (χ3n) is 0. The van der Waals surface area contributed by atoms with E-state index in [2.05, 4.69) is 0 Å². The van der Waals surface area contributed by atoms with E-state index in [1.807, 2.05) is 0 Å². The predicted molar refractivity (Wildman–Crippen MR) is 1.37 cm³/mol. The molecule has 0 fully saturated rings. The molecule has 0 amide bonds. The molecule has 0 unspecified atom stereocenters. The monoisotopic (exact) mass is 204 g/mol. The molecule has 8 heteroatoms. The van der Waals surface area contributed by atoms with Crippen LogP contribution in [0.3, 0.4) is 0 Å². The first-order valence-electron chi connectivity index (χ1n) is 0.617. The Morgan fingerprint density at radius 3 is 1.00 bits per heavy atom. The molecule has 8 heavy (non-hydrogen) atoms. The van der Waals surface area contributed by atoms with E-state index in [0.717, 1.165) is 0 Å². The van der Waals surface area contributed by atoms with Gasteiger partial charge in [0, 0.05) is 0 Å². The van der Waals surface area contributed by atoms with E-state index in [4.69, 9.17) is 16.0 Å². The van der Waals surface area contributed by atoms with E-state index in [9.17, 15) is 0 Å². The molecule has 0 saturated heterocycles. The van der Waals surface area contributed by atoms with Crippen molar-refractivity contribution in [1.29, 1.82) is 0 Å². The Labute approximate surface area is 136 Å². The van der Waals surface area contributed by atoms with Gasteiger partial charge in [0.25, 0.3) is 0 Å². The summed E-state index contributed by atoms with van der Waals surface area (Å²) >= 11 is -5.62. The van der Waals surface area contributed by atoms with Gasteiger partial charge in [-0.05, 0) is 0 Å². The van der Waals surface area contributed by atoms with Crippen LogP contribution in [0.2, 0.25) is 0 Å². The maximum atomic E-state index is 8.58. The van der Waals surface area contributed by atoms with Crippen molar-refractivity contribution < 1.29 is 140 Å². The molecule has 0 N–H and O–H groups in total. The molecule has 0 heterocycles. The molecule has 0 radical (unpaired) electrons. The summed E-state index contributed by atoms with van der Waals surface area (Å²) < 4.78 is 34.3. The van der Waals surface area contributed by atoms with Crippen LogP contribution in [0.25, 0.3) is 0 Å². The van der Waals surface area contributed by atoms with Crippen molar-refractivity contribution in [2.24, 2.45) is 0 Å². The minimum absolute atomic E-state index is 0. The van der Waals surface area contributed by atoms with Gasteiger partial charge in [0.15, 0.2) is 0 Å². The van der Waals surface area contributed by atoms with Crippen LogP contribution in [-0.2, 0) is 21.0 Å². The average Bonchev–Trinajstić information content (AvgIpc) is 0.722. The zero-order chi connectivity index (χ0) is 4.50. The van der Waals surface area contributed by atoms with Gasteiger partial charge >= 0.3 is 140 Å². The fourth-order valence-corrected chi connectivity index (χ4v) is 0. The Balaban J connectivity index is -0.0000000267. The van der Waals surface area contributed by atoms with Crippen LogP contribution in [0.15, 0.2) is 0 Å². The van der Waals surface area contributed by atoms with Gasteiger partial charge in [-0.25, -0.2) is 0 Å². The van der Waals surface area contributed by atoms with E-state index >= 15 is 0 Å². The van der Waals surface area contributed by atoms with Crippen LogP contribution in [0.4, 0.5) is 0 Å². The molecule has 0 bridgehead atoms. The van der Waals surface area contributed by atoms with E-state index in [1.165, 1.54) is 0 Å². The molecule has 0 spiro atoms. The van der Waals surface area contributed by atoms with Crippen molar-refractivity contribution in [2.75, 3.05) is 0 Å². The number of hydrogen-bond donors (Lipinski definition) is 0. The van der Waals surface area contributed by atoms with Crippen LogP contribution in [0.1, 0.15) is 0 Å². The second-order valence-electron chi connectivity index (χ2n) is 0.378. The molecule has 0 aliphatic carbocycles. The standard InChI is InChI=1S/K.Mn.2Na.4O/q+1;;2*+1;;;2*-1. The van der Waals surface area contributed by atoms with Crippen LogP contribution in [-0.4, -0.2) is 0 Å². The van der Waals surface area contributed by atoms with Gasteiger partial charge in [0.1, 0.15) is 0 Å². The summed E-state index contributed by atoms with van der Waals surface area (Å²) in [4.78, 5) is 0. The zero-order valence-corrected chi connectivity index (χ0v) is 13.3. The Kier molecular flexibility index (Phi) is 30.1. The van der Waals surface area contributed by atoms with Gasteiger partial charge < -0.3 is 0 Å². The SMILES string of the molecule is [K+].[Na+].[Na+].[O]=[Mn](=[O])([O-])[O-]. The second kappa shape index (κ2) is 10.7. The Bertz CT molecular complexity index is 97.2. The molecular weight excluding hydrogens is 204 g/mol. The van der Waals surface area contributed by atoms with Crippen LogP contribution in [0.5, 0.6) is 0 Å². The van der Waals surface area contributed by atoms with Crippen molar-refractivity contribution in [3.05, 3.63) is 0 Å². The summed E-state index contributed by atoms with van der Waals surface area (Å²) in [5, 5.41) is 0. The van der Waals surface area contributed by atoms with E-state index in [1.54, 1.807) is 0 Å². The second-order valence-corrected chi connectivity index (χ2v) is 1.56. The molecular formula is KMnNa2O4+. The maximum absolute atomic E-state index is 8.58. The molecule has 0 atom stereocenters. The van der Waals surface area contributed by atoms with Gasteiger partial charge in [-0.15, -0.1) is 0 Å². The third-order valence-corrected chi connectivity index (χ3v) is 0. The summed E-state index contributed by atoms with van der Waals surface area (Å²) in [7, 11) is 0. The van der Waals surface area contributed by atoms with Crippen molar-refractivity contribution >= 4 is 0 Å². The van der Waals surface area contributed by atoms with Crippen molar-refractivity contribution in [3.63, 3.8) is 0 Å². The molecule has 4 nitrogen and oxygen atoms in total. The molecule has 0 aliphatic rings. The summed E-state index contributed by atoms with van der Waals surface area (Å²) in [5.74, 6) is 0. The molecule has 0 aromatic carbocycles. The third kappa shape index (κ3) is 53.9. The van der Waals surface area contributed by atoms with Crippen LogP contribution in [0, 0.1) is 0 Å². The van der Waals surface area contributed by atoms with Gasteiger partial charge in [-0.2, -0.15) is 0 Å². The summed E-state index contributed by atoms with van der Waals surface area (Å²) in [6.07, 6.45) is 0.